The zero-order valence-corrected chi connectivity index (χ0v) is 10.3. The van der Waals surface area contributed by atoms with Gasteiger partial charge in [-0.15, -0.1) is 5.10 Å². The van der Waals surface area contributed by atoms with Gasteiger partial charge in [-0.1, -0.05) is 24.3 Å². The molecule has 6 heteroatoms. The molecule has 0 unspecified atom stereocenters. The maximum absolute atomic E-state index is 6.12. The zero-order chi connectivity index (χ0) is 12.7. The molecule has 6 nitrogen and oxygen atoms in total. The van der Waals surface area contributed by atoms with Crippen LogP contribution in [0.3, 0.4) is 0 Å². The Morgan fingerprint density at radius 2 is 2.06 bits per heavy atom. The lowest BCUT2D eigenvalue weighted by Crippen LogP contribution is -2.06. The van der Waals surface area contributed by atoms with Crippen molar-refractivity contribution in [2.24, 2.45) is 7.05 Å². The second-order valence-corrected chi connectivity index (χ2v) is 4.15. The van der Waals surface area contributed by atoms with E-state index in [2.05, 4.69) is 15.4 Å². The molecule has 0 atom stereocenters. The van der Waals surface area contributed by atoms with Gasteiger partial charge in [-0.25, -0.2) is 4.68 Å². The number of para-hydroxylation sites is 1. The Bertz CT molecular complexity index is 709. The van der Waals surface area contributed by atoms with Gasteiger partial charge in [0.1, 0.15) is 11.2 Å². The highest BCUT2D eigenvalue weighted by atomic mass is 15.5. The molecule has 0 spiro atoms. The fourth-order valence-corrected chi connectivity index (χ4v) is 2.12. The predicted molar refractivity (Wildman–Crippen MR) is 69.4 cm³/mol. The first kappa shape index (κ1) is 10.8. The highest BCUT2D eigenvalue weighted by molar-refractivity contribution is 5.77. The van der Waals surface area contributed by atoms with Crippen LogP contribution in [0.25, 0.3) is 16.9 Å². The van der Waals surface area contributed by atoms with Crippen molar-refractivity contribution in [3.8, 4) is 5.82 Å². The van der Waals surface area contributed by atoms with Crippen molar-refractivity contribution < 1.29 is 0 Å². The number of fused-ring (bicyclic) bond motifs is 1. The van der Waals surface area contributed by atoms with Gasteiger partial charge in [0.25, 0.3) is 0 Å². The molecule has 0 saturated heterocycles. The van der Waals surface area contributed by atoms with Crippen molar-refractivity contribution in [3.63, 3.8) is 0 Å². The topological polar surface area (TPSA) is 74.5 Å². The number of nitrogens with two attached hydrogens (primary N) is 1. The summed E-state index contributed by atoms with van der Waals surface area (Å²) < 4.78 is 3.48. The average Bonchev–Trinajstić information content (AvgIpc) is 2.91. The molecule has 0 saturated carbocycles. The van der Waals surface area contributed by atoms with E-state index in [1.165, 1.54) is 0 Å². The van der Waals surface area contributed by atoms with Gasteiger partial charge >= 0.3 is 0 Å². The summed E-state index contributed by atoms with van der Waals surface area (Å²) >= 11 is 0. The first-order valence-corrected chi connectivity index (χ1v) is 5.84. The highest BCUT2D eigenvalue weighted by Crippen LogP contribution is 2.23. The van der Waals surface area contributed by atoms with Crippen LogP contribution in [0.4, 0.5) is 5.69 Å². The summed E-state index contributed by atoms with van der Waals surface area (Å²) in [5.41, 5.74) is 9.44. The number of hydrogen-bond acceptors (Lipinski definition) is 4. The maximum Gasteiger partial charge on any atom is 0.177 e. The maximum atomic E-state index is 6.12. The van der Waals surface area contributed by atoms with E-state index in [1.807, 2.05) is 38.2 Å². The van der Waals surface area contributed by atoms with Gasteiger partial charge in [0.15, 0.2) is 5.82 Å². The molecule has 0 aliphatic rings. The second-order valence-electron chi connectivity index (χ2n) is 4.15. The summed E-state index contributed by atoms with van der Waals surface area (Å²) in [6, 6.07) is 7.78. The first-order chi connectivity index (χ1) is 8.72. The predicted octanol–water partition coefficient (Wildman–Crippen LogP) is 1.30. The van der Waals surface area contributed by atoms with Crippen molar-refractivity contribution in [1.29, 1.82) is 0 Å². The third-order valence-electron chi connectivity index (χ3n) is 3.02. The smallest absolute Gasteiger partial charge is 0.177 e. The van der Waals surface area contributed by atoms with Crippen molar-refractivity contribution in [1.82, 2.24) is 24.8 Å². The van der Waals surface area contributed by atoms with E-state index in [9.17, 15) is 0 Å². The summed E-state index contributed by atoms with van der Waals surface area (Å²) in [6.07, 6.45) is 0.798. The van der Waals surface area contributed by atoms with Gasteiger partial charge in [0.2, 0.25) is 0 Å². The highest BCUT2D eigenvalue weighted by Gasteiger charge is 2.16. The number of benzene rings is 1. The van der Waals surface area contributed by atoms with Crippen LogP contribution in [-0.2, 0) is 13.5 Å². The second kappa shape index (κ2) is 3.83. The molecule has 3 rings (SSSR count). The molecule has 18 heavy (non-hydrogen) atoms. The minimum absolute atomic E-state index is 0.663. The average molecular weight is 242 g/mol. The van der Waals surface area contributed by atoms with Crippen LogP contribution in [0.2, 0.25) is 0 Å². The van der Waals surface area contributed by atoms with E-state index < -0.39 is 0 Å². The number of rotatable bonds is 2. The van der Waals surface area contributed by atoms with Gasteiger partial charge in [-0.2, -0.15) is 9.78 Å². The number of nitrogens with zero attached hydrogens (tertiary/aromatic N) is 5. The van der Waals surface area contributed by atoms with Crippen LogP contribution in [0.5, 0.6) is 0 Å². The molecule has 3 aromatic rings. The van der Waals surface area contributed by atoms with Crippen molar-refractivity contribution in [3.05, 3.63) is 30.0 Å². The Hall–Kier alpha value is -2.37. The van der Waals surface area contributed by atoms with Gasteiger partial charge in [-0.05, 0) is 18.6 Å². The number of anilines is 1. The van der Waals surface area contributed by atoms with Gasteiger partial charge in [0, 0.05) is 7.05 Å². The fourth-order valence-electron chi connectivity index (χ4n) is 2.12. The normalized spacial score (nSPS) is 11.2. The van der Waals surface area contributed by atoms with Crippen LogP contribution in [0.15, 0.2) is 24.3 Å². The van der Waals surface area contributed by atoms with E-state index >= 15 is 0 Å². The molecule has 0 fully saturated rings. The summed E-state index contributed by atoms with van der Waals surface area (Å²) in [4.78, 5) is 0. The standard InChI is InChI=1S/C12H14N6/c1-3-8-11(13)12(17(2)15-8)18-10-7-5-4-6-9(10)14-16-18/h4-7H,3,13H2,1-2H3. The monoisotopic (exact) mass is 242 g/mol. The summed E-state index contributed by atoms with van der Waals surface area (Å²) in [6.45, 7) is 2.03. The summed E-state index contributed by atoms with van der Waals surface area (Å²) in [7, 11) is 1.86. The van der Waals surface area contributed by atoms with Gasteiger partial charge in [0.05, 0.1) is 11.2 Å². The minimum Gasteiger partial charge on any atom is -0.394 e. The van der Waals surface area contributed by atoms with Crippen LogP contribution in [-0.4, -0.2) is 24.8 Å². The van der Waals surface area contributed by atoms with E-state index in [0.717, 1.165) is 29.0 Å². The molecule has 92 valence electrons. The Morgan fingerprint density at radius 1 is 1.28 bits per heavy atom. The molecule has 0 radical (unpaired) electrons. The lowest BCUT2D eigenvalue weighted by Gasteiger charge is -2.03. The minimum atomic E-state index is 0.663. The molecule has 2 N–H and O–H groups in total. The molecule has 0 bridgehead atoms. The van der Waals surface area contributed by atoms with Gasteiger partial charge < -0.3 is 5.73 Å². The third-order valence-corrected chi connectivity index (χ3v) is 3.02. The number of aryl methyl sites for hydroxylation is 2. The van der Waals surface area contributed by atoms with E-state index in [-0.39, 0.29) is 0 Å². The van der Waals surface area contributed by atoms with Crippen LogP contribution in [0.1, 0.15) is 12.6 Å². The van der Waals surface area contributed by atoms with Crippen LogP contribution >= 0.6 is 0 Å². The van der Waals surface area contributed by atoms with E-state index in [0.29, 0.717) is 5.69 Å². The van der Waals surface area contributed by atoms with Crippen LogP contribution < -0.4 is 5.73 Å². The zero-order valence-electron chi connectivity index (χ0n) is 10.3. The molecular weight excluding hydrogens is 228 g/mol. The number of aromatic nitrogens is 5. The van der Waals surface area contributed by atoms with Gasteiger partial charge in [-0.3, -0.25) is 0 Å². The molecule has 0 aliphatic carbocycles. The fraction of sp³-hybridized carbons (Fsp3) is 0.250. The number of nitrogen functional groups attached to an aromatic ring is 1. The van der Waals surface area contributed by atoms with E-state index in [1.54, 1.807) is 9.36 Å². The Labute approximate surface area is 104 Å². The SMILES string of the molecule is CCc1nn(C)c(-n2nnc3ccccc32)c1N. The lowest BCUT2D eigenvalue weighted by molar-refractivity contribution is 0.683. The summed E-state index contributed by atoms with van der Waals surface area (Å²) in [5.74, 6) is 0.764. The summed E-state index contributed by atoms with van der Waals surface area (Å²) in [5, 5.41) is 12.7. The molecule has 0 aliphatic heterocycles. The lowest BCUT2D eigenvalue weighted by atomic mass is 10.3. The van der Waals surface area contributed by atoms with Crippen molar-refractivity contribution >= 4 is 16.7 Å². The van der Waals surface area contributed by atoms with Crippen LogP contribution in [0, 0.1) is 0 Å². The van der Waals surface area contributed by atoms with E-state index in [4.69, 9.17) is 5.73 Å². The molecule has 1 aromatic carbocycles. The number of hydrogen-bond donors (Lipinski definition) is 1. The molecule has 2 aromatic heterocycles. The molecule has 0 amide bonds. The van der Waals surface area contributed by atoms with Crippen molar-refractivity contribution in [2.75, 3.05) is 5.73 Å². The Morgan fingerprint density at radius 3 is 2.78 bits per heavy atom. The Kier molecular flexibility index (Phi) is 2.29. The largest absolute Gasteiger partial charge is 0.394 e. The molecular formula is C12H14N6. The molecule has 2 heterocycles. The van der Waals surface area contributed by atoms with Crippen molar-refractivity contribution in [2.45, 2.75) is 13.3 Å². The first-order valence-electron chi connectivity index (χ1n) is 5.84. The Balaban J connectivity index is 2.29. The third kappa shape index (κ3) is 1.38. The quantitative estimate of drug-likeness (QED) is 0.735.